The van der Waals surface area contributed by atoms with Crippen LogP contribution in [0.5, 0.6) is 0 Å². The van der Waals surface area contributed by atoms with Crippen molar-refractivity contribution in [2.75, 3.05) is 18.8 Å². The molecule has 0 aromatic carbocycles. The van der Waals surface area contributed by atoms with E-state index < -0.39 is 16.1 Å². The second-order valence-corrected chi connectivity index (χ2v) is 7.88. The zero-order valence-electron chi connectivity index (χ0n) is 12.4. The Balaban J connectivity index is 2.45. The van der Waals surface area contributed by atoms with E-state index in [1.165, 1.54) is 16.6 Å². The van der Waals surface area contributed by atoms with Crippen LogP contribution in [0.2, 0.25) is 5.02 Å². The van der Waals surface area contributed by atoms with Crippen molar-refractivity contribution in [3.8, 4) is 0 Å². The van der Waals surface area contributed by atoms with Gasteiger partial charge in [-0.2, -0.15) is 4.31 Å². The van der Waals surface area contributed by atoms with E-state index in [0.717, 1.165) is 0 Å². The minimum absolute atomic E-state index is 0.126. The fourth-order valence-corrected chi connectivity index (χ4v) is 4.33. The highest BCUT2D eigenvalue weighted by molar-refractivity contribution is 7.89. The summed E-state index contributed by atoms with van der Waals surface area (Å²) >= 11 is 5.83. The van der Waals surface area contributed by atoms with Crippen molar-refractivity contribution in [2.45, 2.75) is 31.2 Å². The van der Waals surface area contributed by atoms with Gasteiger partial charge in [-0.25, -0.2) is 13.4 Å². The first-order chi connectivity index (χ1) is 10.2. The third-order valence-electron chi connectivity index (χ3n) is 3.41. The van der Waals surface area contributed by atoms with E-state index in [2.05, 4.69) is 10.3 Å². The highest BCUT2D eigenvalue weighted by Crippen LogP contribution is 2.27. The van der Waals surface area contributed by atoms with Crippen molar-refractivity contribution < 1.29 is 13.2 Å². The number of anilines is 1. The number of nitrogens with two attached hydrogens (primary N) is 1. The number of pyridine rings is 1. The van der Waals surface area contributed by atoms with Crippen molar-refractivity contribution >= 4 is 33.3 Å². The van der Waals surface area contributed by atoms with E-state index in [0.29, 0.717) is 6.42 Å². The van der Waals surface area contributed by atoms with Crippen molar-refractivity contribution in [3.05, 3.63) is 17.3 Å². The zero-order valence-corrected chi connectivity index (χ0v) is 14.0. The number of nitrogens with one attached hydrogen (secondary N) is 1. The lowest BCUT2D eigenvalue weighted by molar-refractivity contribution is -0.127. The fraction of sp³-hybridized carbons (Fsp3) is 0.538. The summed E-state index contributed by atoms with van der Waals surface area (Å²) in [4.78, 5) is 15.7. The van der Waals surface area contributed by atoms with Crippen molar-refractivity contribution in [3.63, 3.8) is 0 Å². The van der Waals surface area contributed by atoms with Gasteiger partial charge in [0.2, 0.25) is 15.9 Å². The quantitative estimate of drug-likeness (QED) is 0.840. The monoisotopic (exact) mass is 346 g/mol. The zero-order chi connectivity index (χ0) is 16.5. The van der Waals surface area contributed by atoms with Crippen LogP contribution in [0, 0.1) is 5.92 Å². The molecular weight excluding hydrogens is 328 g/mol. The first-order valence-corrected chi connectivity index (χ1v) is 8.76. The van der Waals surface area contributed by atoms with Gasteiger partial charge in [-0.1, -0.05) is 25.4 Å². The van der Waals surface area contributed by atoms with Crippen LogP contribution in [0.25, 0.3) is 0 Å². The maximum atomic E-state index is 12.9. The molecule has 0 spiro atoms. The smallest absolute Gasteiger partial charge is 0.247 e. The van der Waals surface area contributed by atoms with Crippen LogP contribution in [-0.2, 0) is 14.8 Å². The topological polar surface area (TPSA) is 105 Å². The van der Waals surface area contributed by atoms with Crippen molar-refractivity contribution in [2.24, 2.45) is 5.92 Å². The molecule has 3 N–H and O–H groups in total. The molecule has 1 fully saturated rings. The molecule has 2 rings (SSSR count). The van der Waals surface area contributed by atoms with Gasteiger partial charge in [0.1, 0.15) is 16.8 Å². The molecule has 1 amide bonds. The van der Waals surface area contributed by atoms with Crippen LogP contribution in [0.15, 0.2) is 17.2 Å². The summed E-state index contributed by atoms with van der Waals surface area (Å²) in [7, 11) is -3.94. The minimum Gasteiger partial charge on any atom is -0.383 e. The Labute approximate surface area is 134 Å². The molecule has 1 aliphatic heterocycles. The predicted molar refractivity (Wildman–Crippen MR) is 83.8 cm³/mol. The Hall–Kier alpha value is -1.38. The number of nitrogens with zero attached hydrogens (tertiary/aromatic N) is 2. The van der Waals surface area contributed by atoms with Crippen LogP contribution in [0.4, 0.5) is 5.82 Å². The van der Waals surface area contributed by atoms with Crippen molar-refractivity contribution in [1.82, 2.24) is 14.6 Å². The SMILES string of the molecule is CC(C)C[C@@H]1C(=O)NCCN1S(=O)(=O)c1cc(Cl)cnc1N. The standard InChI is InChI=1S/C13H19ClN4O3S/c1-8(2)5-10-13(19)16-3-4-18(10)22(20,21)11-6-9(14)7-17-12(11)15/h6-8,10H,3-5H2,1-2H3,(H2,15,17)(H,16,19)/t10-/m1/s1. The number of aromatic nitrogens is 1. The number of piperazine rings is 1. The average Bonchev–Trinajstić information content (AvgIpc) is 2.43. The number of nitrogen functional groups attached to an aromatic ring is 1. The molecular formula is C13H19ClN4O3S. The van der Waals surface area contributed by atoms with Crippen LogP contribution < -0.4 is 11.1 Å². The van der Waals surface area contributed by atoms with E-state index in [1.807, 2.05) is 13.8 Å². The summed E-state index contributed by atoms with van der Waals surface area (Å²) in [5, 5.41) is 2.87. The minimum atomic E-state index is -3.94. The molecule has 0 radical (unpaired) electrons. The highest BCUT2D eigenvalue weighted by atomic mass is 35.5. The average molecular weight is 347 g/mol. The first kappa shape index (κ1) is 17.0. The van der Waals surface area contributed by atoms with Crippen LogP contribution in [0.1, 0.15) is 20.3 Å². The lowest BCUT2D eigenvalue weighted by Gasteiger charge is -2.35. The number of sulfonamides is 1. The summed E-state index contributed by atoms with van der Waals surface area (Å²) < 4.78 is 26.9. The van der Waals surface area contributed by atoms with Crippen LogP contribution in [-0.4, -0.2) is 42.7 Å². The third kappa shape index (κ3) is 3.34. The summed E-state index contributed by atoms with van der Waals surface area (Å²) in [6.45, 7) is 4.32. The Morgan fingerprint density at radius 2 is 2.23 bits per heavy atom. The largest absolute Gasteiger partial charge is 0.383 e. The first-order valence-electron chi connectivity index (χ1n) is 6.94. The van der Waals surface area contributed by atoms with E-state index in [9.17, 15) is 13.2 Å². The number of amides is 1. The van der Waals surface area contributed by atoms with Gasteiger partial charge in [-0.05, 0) is 18.4 Å². The molecule has 1 aromatic rings. The number of halogens is 1. The van der Waals surface area contributed by atoms with Crippen LogP contribution in [0.3, 0.4) is 0 Å². The Morgan fingerprint density at radius 1 is 1.55 bits per heavy atom. The number of hydrogen-bond donors (Lipinski definition) is 2. The molecule has 7 nitrogen and oxygen atoms in total. The molecule has 0 saturated carbocycles. The summed E-state index contributed by atoms with van der Waals surface area (Å²) in [5.74, 6) is -0.253. The molecule has 0 bridgehead atoms. The molecule has 22 heavy (non-hydrogen) atoms. The summed E-state index contributed by atoms with van der Waals surface area (Å²) in [6, 6.07) is 0.509. The molecule has 0 aliphatic carbocycles. The number of hydrogen-bond acceptors (Lipinski definition) is 5. The third-order valence-corrected chi connectivity index (χ3v) is 5.56. The van der Waals surface area contributed by atoms with Gasteiger partial charge in [0.15, 0.2) is 0 Å². The highest BCUT2D eigenvalue weighted by Gasteiger charge is 2.39. The van der Waals surface area contributed by atoms with E-state index in [4.69, 9.17) is 17.3 Å². The van der Waals surface area contributed by atoms with E-state index >= 15 is 0 Å². The van der Waals surface area contributed by atoms with E-state index in [1.54, 1.807) is 0 Å². The molecule has 1 aromatic heterocycles. The van der Waals surface area contributed by atoms with Gasteiger partial charge >= 0.3 is 0 Å². The number of carbonyl (C=O) groups excluding carboxylic acids is 1. The van der Waals surface area contributed by atoms with E-state index in [-0.39, 0.29) is 40.7 Å². The molecule has 0 unspecified atom stereocenters. The normalized spacial score (nSPS) is 20.2. The lowest BCUT2D eigenvalue weighted by Crippen LogP contribution is -2.57. The second kappa shape index (κ2) is 6.39. The maximum absolute atomic E-state index is 12.9. The second-order valence-electron chi connectivity index (χ2n) is 5.59. The molecule has 1 atom stereocenters. The Bertz CT molecular complexity index is 678. The fourth-order valence-electron chi connectivity index (χ4n) is 2.42. The molecule has 9 heteroatoms. The van der Waals surface area contributed by atoms with Gasteiger partial charge in [0, 0.05) is 19.3 Å². The van der Waals surface area contributed by atoms with Gasteiger partial charge in [-0.15, -0.1) is 0 Å². The van der Waals surface area contributed by atoms with Gasteiger partial charge in [0.25, 0.3) is 0 Å². The Morgan fingerprint density at radius 3 is 2.86 bits per heavy atom. The summed E-state index contributed by atoms with van der Waals surface area (Å²) in [6.07, 6.45) is 1.71. The van der Waals surface area contributed by atoms with Gasteiger partial charge < -0.3 is 11.1 Å². The lowest BCUT2D eigenvalue weighted by atomic mass is 10.0. The van der Waals surface area contributed by atoms with Crippen LogP contribution >= 0.6 is 11.6 Å². The van der Waals surface area contributed by atoms with Gasteiger partial charge in [0.05, 0.1) is 5.02 Å². The summed E-state index contributed by atoms with van der Waals surface area (Å²) in [5.41, 5.74) is 5.69. The molecule has 1 aliphatic rings. The van der Waals surface area contributed by atoms with Crippen molar-refractivity contribution in [1.29, 1.82) is 0 Å². The maximum Gasteiger partial charge on any atom is 0.247 e. The predicted octanol–water partition coefficient (Wildman–Crippen LogP) is 0.852. The molecule has 2 heterocycles. The number of carbonyl (C=O) groups is 1. The van der Waals surface area contributed by atoms with Gasteiger partial charge in [-0.3, -0.25) is 4.79 Å². The molecule has 1 saturated heterocycles. The number of rotatable bonds is 4. The molecule has 122 valence electrons. The Kier molecular flexibility index (Phi) is 4.93.